The summed E-state index contributed by atoms with van der Waals surface area (Å²) in [7, 11) is 1.74. The van der Waals surface area contributed by atoms with Crippen LogP contribution < -0.4 is 9.64 Å². The number of carbonyl (C=O) groups is 1. The first kappa shape index (κ1) is 23.4. The van der Waals surface area contributed by atoms with Crippen LogP contribution in [0, 0.1) is 0 Å². The number of aliphatic hydroxyl groups is 1. The van der Waals surface area contributed by atoms with Crippen molar-refractivity contribution in [3.05, 3.63) is 48.4 Å². The zero-order valence-corrected chi connectivity index (χ0v) is 19.5. The fourth-order valence-corrected chi connectivity index (χ4v) is 4.79. The number of hydrogen-bond acceptors (Lipinski definition) is 7. The van der Waals surface area contributed by atoms with Crippen LogP contribution in [0.15, 0.2) is 42.9 Å². The van der Waals surface area contributed by atoms with E-state index in [0.29, 0.717) is 25.1 Å². The Labute approximate surface area is 196 Å². The maximum atomic E-state index is 13.0. The van der Waals surface area contributed by atoms with Gasteiger partial charge in [-0.1, -0.05) is 6.42 Å². The highest BCUT2D eigenvalue weighted by atomic mass is 16.5. The van der Waals surface area contributed by atoms with E-state index in [0.717, 1.165) is 44.2 Å². The van der Waals surface area contributed by atoms with Gasteiger partial charge in [-0.2, -0.15) is 0 Å². The van der Waals surface area contributed by atoms with E-state index in [1.54, 1.807) is 42.7 Å². The first-order valence-electron chi connectivity index (χ1n) is 12.0. The molecule has 8 nitrogen and oxygen atoms in total. The van der Waals surface area contributed by atoms with Crippen molar-refractivity contribution in [2.45, 2.75) is 37.7 Å². The Morgan fingerprint density at radius 1 is 1.12 bits per heavy atom. The summed E-state index contributed by atoms with van der Waals surface area (Å²) >= 11 is 0. The molecule has 1 atom stereocenters. The Kier molecular flexibility index (Phi) is 7.77. The highest BCUT2D eigenvalue weighted by Gasteiger charge is 2.36. The number of piperidine rings is 2. The molecule has 1 N–H and O–H groups in total. The third-order valence-corrected chi connectivity index (χ3v) is 6.53. The fourth-order valence-electron chi connectivity index (χ4n) is 4.79. The minimum absolute atomic E-state index is 0.111. The van der Waals surface area contributed by atoms with Gasteiger partial charge in [0, 0.05) is 44.6 Å². The number of amides is 1. The molecule has 4 rings (SSSR count). The zero-order valence-electron chi connectivity index (χ0n) is 19.5. The molecule has 0 radical (unpaired) electrons. The number of likely N-dealkylation sites (tertiary alicyclic amines) is 1. The van der Waals surface area contributed by atoms with Crippen molar-refractivity contribution in [3.63, 3.8) is 0 Å². The fraction of sp³-hybridized carbons (Fsp3) is 0.560. The predicted octanol–water partition coefficient (Wildman–Crippen LogP) is 2.44. The molecule has 3 heterocycles. The summed E-state index contributed by atoms with van der Waals surface area (Å²) in [6.45, 7) is 5.41. The Balaban J connectivity index is 1.28. The van der Waals surface area contributed by atoms with Gasteiger partial charge in [0.25, 0.3) is 5.91 Å². The van der Waals surface area contributed by atoms with E-state index in [1.807, 2.05) is 17.0 Å². The topological polar surface area (TPSA) is 82.0 Å². The van der Waals surface area contributed by atoms with Gasteiger partial charge in [0.05, 0.1) is 18.3 Å². The van der Waals surface area contributed by atoms with Gasteiger partial charge in [0.15, 0.2) is 0 Å². The molecule has 2 aliphatic heterocycles. The predicted molar refractivity (Wildman–Crippen MR) is 128 cm³/mol. The molecule has 1 aromatic carbocycles. The third kappa shape index (κ3) is 6.42. The summed E-state index contributed by atoms with van der Waals surface area (Å²) in [4.78, 5) is 27.5. The number of hydrogen-bond donors (Lipinski definition) is 1. The largest absolute Gasteiger partial charge is 0.492 e. The van der Waals surface area contributed by atoms with Gasteiger partial charge in [-0.25, -0.2) is 4.98 Å². The highest BCUT2D eigenvalue weighted by molar-refractivity contribution is 5.94. The summed E-state index contributed by atoms with van der Waals surface area (Å²) in [5, 5.41) is 11.2. The molecule has 2 aromatic rings. The Morgan fingerprint density at radius 3 is 2.64 bits per heavy atom. The normalized spacial score (nSPS) is 21.6. The standard InChI is InChI=1S/C25H35N5O3/c1-28(19-25(32)10-5-15-30(20-25)23-18-26-11-12-27-23)24(31)21-6-8-22(9-7-21)33-17-16-29-13-3-2-4-14-29/h6-9,11-12,18,32H,2-5,10,13-17,19-20H2,1H3/t25-/m1/s1. The van der Waals surface area contributed by atoms with Gasteiger partial charge in [-0.15, -0.1) is 0 Å². The average Bonchev–Trinajstić information content (AvgIpc) is 2.85. The molecule has 2 fully saturated rings. The van der Waals surface area contributed by atoms with Crippen molar-refractivity contribution in [2.24, 2.45) is 0 Å². The van der Waals surface area contributed by atoms with E-state index in [2.05, 4.69) is 14.9 Å². The van der Waals surface area contributed by atoms with Gasteiger partial charge in [0.1, 0.15) is 18.2 Å². The smallest absolute Gasteiger partial charge is 0.253 e. The SMILES string of the molecule is CN(C[C@]1(O)CCCN(c2cnccn2)C1)C(=O)c1ccc(OCCN2CCCCC2)cc1. The molecule has 33 heavy (non-hydrogen) atoms. The van der Waals surface area contributed by atoms with E-state index in [9.17, 15) is 9.90 Å². The summed E-state index contributed by atoms with van der Waals surface area (Å²) in [6.07, 6.45) is 10.4. The molecule has 0 saturated carbocycles. The van der Waals surface area contributed by atoms with Crippen molar-refractivity contribution in [3.8, 4) is 5.75 Å². The van der Waals surface area contributed by atoms with Crippen LogP contribution in [0.5, 0.6) is 5.75 Å². The van der Waals surface area contributed by atoms with Crippen molar-refractivity contribution in [1.82, 2.24) is 19.8 Å². The summed E-state index contributed by atoms with van der Waals surface area (Å²) in [5.74, 6) is 1.41. The van der Waals surface area contributed by atoms with E-state index in [4.69, 9.17) is 4.74 Å². The number of ether oxygens (including phenoxy) is 1. The third-order valence-electron chi connectivity index (χ3n) is 6.53. The van der Waals surface area contributed by atoms with Crippen LogP contribution in [-0.2, 0) is 0 Å². The van der Waals surface area contributed by atoms with Crippen LogP contribution in [0.1, 0.15) is 42.5 Å². The molecule has 2 aliphatic rings. The zero-order chi connectivity index (χ0) is 23.1. The second-order valence-corrected chi connectivity index (χ2v) is 9.25. The van der Waals surface area contributed by atoms with E-state index >= 15 is 0 Å². The van der Waals surface area contributed by atoms with Gasteiger partial charge in [0.2, 0.25) is 0 Å². The highest BCUT2D eigenvalue weighted by Crippen LogP contribution is 2.26. The van der Waals surface area contributed by atoms with E-state index < -0.39 is 5.60 Å². The average molecular weight is 454 g/mol. The lowest BCUT2D eigenvalue weighted by atomic mass is 9.92. The summed E-state index contributed by atoms with van der Waals surface area (Å²) in [6, 6.07) is 7.29. The second-order valence-electron chi connectivity index (χ2n) is 9.25. The number of aromatic nitrogens is 2. The van der Waals surface area contributed by atoms with Gasteiger partial charge < -0.3 is 19.6 Å². The Hall–Kier alpha value is -2.71. The van der Waals surface area contributed by atoms with Crippen molar-refractivity contribution in [1.29, 1.82) is 0 Å². The molecule has 178 valence electrons. The number of nitrogens with zero attached hydrogens (tertiary/aromatic N) is 5. The number of rotatable bonds is 8. The number of β-amino-alcohol motifs (C(OH)–C–C–N with tert-alkyl or cyclic N) is 1. The summed E-state index contributed by atoms with van der Waals surface area (Å²) in [5.41, 5.74) is -0.399. The molecule has 0 aliphatic carbocycles. The first-order valence-corrected chi connectivity index (χ1v) is 12.0. The number of likely N-dealkylation sites (N-methyl/N-ethyl adjacent to an activating group) is 1. The van der Waals surface area contributed by atoms with Crippen molar-refractivity contribution >= 4 is 11.7 Å². The number of carbonyl (C=O) groups excluding carboxylic acids is 1. The number of anilines is 1. The first-order chi connectivity index (χ1) is 16.0. The Bertz CT molecular complexity index is 889. The molecule has 0 unspecified atom stereocenters. The van der Waals surface area contributed by atoms with Crippen molar-refractivity contribution in [2.75, 3.05) is 57.8 Å². The molecule has 2 saturated heterocycles. The monoisotopic (exact) mass is 453 g/mol. The molecule has 1 aromatic heterocycles. The van der Waals surface area contributed by atoms with Crippen molar-refractivity contribution < 1.29 is 14.6 Å². The molecule has 1 amide bonds. The van der Waals surface area contributed by atoms with E-state index in [1.165, 1.54) is 19.3 Å². The Morgan fingerprint density at radius 2 is 1.91 bits per heavy atom. The van der Waals surface area contributed by atoms with Crippen LogP contribution >= 0.6 is 0 Å². The van der Waals surface area contributed by atoms with Crippen LogP contribution in [0.4, 0.5) is 5.82 Å². The quantitative estimate of drug-likeness (QED) is 0.657. The second kappa shape index (κ2) is 10.9. The minimum atomic E-state index is -0.988. The van der Waals surface area contributed by atoms with E-state index in [-0.39, 0.29) is 12.5 Å². The maximum Gasteiger partial charge on any atom is 0.253 e. The lowest BCUT2D eigenvalue weighted by Crippen LogP contribution is -2.54. The maximum absolute atomic E-state index is 13.0. The van der Waals surface area contributed by atoms with Gasteiger partial charge in [-0.05, 0) is 63.0 Å². The van der Waals surface area contributed by atoms with Crippen LogP contribution in [-0.4, -0.2) is 89.3 Å². The molecular formula is C25H35N5O3. The minimum Gasteiger partial charge on any atom is -0.492 e. The molecular weight excluding hydrogens is 418 g/mol. The van der Waals surface area contributed by atoms with Crippen LogP contribution in [0.3, 0.4) is 0 Å². The van der Waals surface area contributed by atoms with Crippen LogP contribution in [0.2, 0.25) is 0 Å². The van der Waals surface area contributed by atoms with Gasteiger partial charge >= 0.3 is 0 Å². The van der Waals surface area contributed by atoms with Crippen LogP contribution in [0.25, 0.3) is 0 Å². The lowest BCUT2D eigenvalue weighted by Gasteiger charge is -2.41. The lowest BCUT2D eigenvalue weighted by molar-refractivity contribution is -0.000147. The molecule has 0 spiro atoms. The summed E-state index contributed by atoms with van der Waals surface area (Å²) < 4.78 is 5.87. The molecule has 0 bridgehead atoms. The molecule has 8 heteroatoms. The van der Waals surface area contributed by atoms with Gasteiger partial charge in [-0.3, -0.25) is 14.7 Å². The number of benzene rings is 1.